The van der Waals surface area contributed by atoms with Crippen molar-refractivity contribution in [2.75, 3.05) is 6.54 Å². The molecule has 0 rings (SSSR count). The number of unbranched alkanes of at least 4 members (excludes halogenated alkanes) is 5. The minimum atomic E-state index is 0.197. The fraction of sp³-hybridized carbons (Fsp3) is 0.842. The average Bonchev–Trinajstić information content (AvgIpc) is 2.48. The minimum Gasteiger partial charge on any atom is -0.331 e. The number of rotatable bonds is 7. The van der Waals surface area contributed by atoms with Crippen molar-refractivity contribution in [3.05, 3.63) is 12.2 Å². The molecule has 0 saturated heterocycles. The summed E-state index contributed by atoms with van der Waals surface area (Å²) < 4.78 is 0. The van der Waals surface area contributed by atoms with E-state index in [4.69, 9.17) is 5.73 Å². The topological polar surface area (TPSA) is 43.1 Å². The van der Waals surface area contributed by atoms with E-state index in [0.717, 1.165) is 6.54 Å². The molecular formula is C19H43NO. The van der Waals surface area contributed by atoms with E-state index in [1.165, 1.54) is 44.9 Å². The highest BCUT2D eigenvalue weighted by Crippen LogP contribution is 1.95. The molecule has 0 atom stereocenters. The molecule has 21 heavy (non-hydrogen) atoms. The van der Waals surface area contributed by atoms with E-state index in [9.17, 15) is 4.79 Å². The predicted octanol–water partition coefficient (Wildman–Crippen LogP) is 6.29. The van der Waals surface area contributed by atoms with Crippen LogP contribution in [0.2, 0.25) is 0 Å². The first kappa shape index (κ1) is 28.5. The van der Waals surface area contributed by atoms with Crippen LogP contribution in [0, 0.1) is 0 Å². The third-order valence-corrected chi connectivity index (χ3v) is 2.37. The number of allylic oxidation sites excluding steroid dienone is 2. The summed E-state index contributed by atoms with van der Waals surface area (Å²) in [7, 11) is 0. The summed E-state index contributed by atoms with van der Waals surface area (Å²) >= 11 is 0. The summed E-state index contributed by atoms with van der Waals surface area (Å²) in [6, 6.07) is 0. The summed E-state index contributed by atoms with van der Waals surface area (Å²) in [6.45, 7) is 15.2. The molecule has 0 aliphatic heterocycles. The Morgan fingerprint density at radius 3 is 1.24 bits per heavy atom. The summed E-state index contributed by atoms with van der Waals surface area (Å²) in [5, 5.41) is 0. The molecule has 0 heterocycles. The molecule has 2 heteroatoms. The maximum atomic E-state index is 10.3. The molecule has 0 aliphatic rings. The Labute approximate surface area is 135 Å². The molecule has 0 bridgehead atoms. The van der Waals surface area contributed by atoms with Crippen molar-refractivity contribution < 1.29 is 4.79 Å². The number of ketones is 1. The Morgan fingerprint density at radius 1 is 0.810 bits per heavy atom. The van der Waals surface area contributed by atoms with E-state index in [-0.39, 0.29) is 5.78 Å². The number of nitrogens with two attached hydrogens (primary N) is 1. The molecular weight excluding hydrogens is 258 g/mol. The van der Waals surface area contributed by atoms with E-state index in [2.05, 4.69) is 27.7 Å². The zero-order chi connectivity index (χ0) is 17.4. The SMILES string of the molecule is C/C=C/C(=O)CC.CCCCC.CCCCCC.CCN. The smallest absolute Gasteiger partial charge is 0.155 e. The standard InChI is InChI=1S/C6H10O.C6H14.C5H12.C2H7N/c1-3-5-6(7)4-2;1-3-5-6-4-2;1-3-5-4-2;1-2-3/h3,5H,4H2,1-2H3;3-6H2,1-2H3;3-5H2,1-2H3;2-3H2,1H3/b5-3+;;;. The second-order valence-corrected chi connectivity index (χ2v) is 4.79. The van der Waals surface area contributed by atoms with Gasteiger partial charge in [-0.25, -0.2) is 0 Å². The molecule has 0 unspecified atom stereocenters. The molecule has 2 nitrogen and oxygen atoms in total. The van der Waals surface area contributed by atoms with Gasteiger partial charge in [-0.1, -0.05) is 92.6 Å². The van der Waals surface area contributed by atoms with Crippen LogP contribution in [0.15, 0.2) is 12.2 Å². The van der Waals surface area contributed by atoms with Crippen LogP contribution in [0.25, 0.3) is 0 Å². The molecule has 0 aliphatic carbocycles. The Morgan fingerprint density at radius 2 is 1.14 bits per heavy atom. The number of carbonyl (C=O) groups is 1. The first-order chi connectivity index (χ1) is 10.1. The molecule has 0 aromatic rings. The van der Waals surface area contributed by atoms with Crippen LogP contribution >= 0.6 is 0 Å². The Bertz CT molecular complexity index is 170. The zero-order valence-corrected chi connectivity index (χ0v) is 16.0. The lowest BCUT2D eigenvalue weighted by molar-refractivity contribution is -0.114. The van der Waals surface area contributed by atoms with Gasteiger partial charge in [-0.05, 0) is 19.5 Å². The van der Waals surface area contributed by atoms with Crippen molar-refractivity contribution in [3.63, 3.8) is 0 Å². The van der Waals surface area contributed by atoms with Crippen molar-refractivity contribution in [1.82, 2.24) is 0 Å². The van der Waals surface area contributed by atoms with Gasteiger partial charge in [0.15, 0.2) is 5.78 Å². The molecule has 0 fully saturated rings. The fourth-order valence-corrected chi connectivity index (χ4v) is 1.16. The van der Waals surface area contributed by atoms with Gasteiger partial charge in [-0.2, -0.15) is 0 Å². The normalized spacial score (nSPS) is 8.76. The van der Waals surface area contributed by atoms with Crippen LogP contribution in [-0.4, -0.2) is 12.3 Å². The molecule has 0 spiro atoms. The maximum Gasteiger partial charge on any atom is 0.155 e. The third-order valence-electron chi connectivity index (χ3n) is 2.37. The van der Waals surface area contributed by atoms with Crippen LogP contribution in [0.5, 0.6) is 0 Å². The van der Waals surface area contributed by atoms with Crippen molar-refractivity contribution in [2.24, 2.45) is 5.73 Å². The predicted molar refractivity (Wildman–Crippen MR) is 99.9 cm³/mol. The van der Waals surface area contributed by atoms with E-state index in [1.807, 2.05) is 20.8 Å². The number of carbonyl (C=O) groups excluding carboxylic acids is 1. The van der Waals surface area contributed by atoms with Gasteiger partial charge in [-0.3, -0.25) is 4.79 Å². The zero-order valence-electron chi connectivity index (χ0n) is 16.0. The minimum absolute atomic E-state index is 0.197. The molecule has 0 aromatic carbocycles. The largest absolute Gasteiger partial charge is 0.331 e. The molecule has 2 N–H and O–H groups in total. The average molecular weight is 302 g/mol. The van der Waals surface area contributed by atoms with Crippen LogP contribution in [0.4, 0.5) is 0 Å². The molecule has 0 amide bonds. The lowest BCUT2D eigenvalue weighted by Crippen LogP contribution is -1.87. The highest BCUT2D eigenvalue weighted by Gasteiger charge is 1.83. The van der Waals surface area contributed by atoms with Crippen molar-refractivity contribution >= 4 is 5.78 Å². The second kappa shape index (κ2) is 36.6. The van der Waals surface area contributed by atoms with Crippen molar-refractivity contribution in [1.29, 1.82) is 0 Å². The molecule has 0 radical (unpaired) electrons. The highest BCUT2D eigenvalue weighted by molar-refractivity contribution is 5.89. The highest BCUT2D eigenvalue weighted by atomic mass is 16.1. The first-order valence-corrected chi connectivity index (χ1v) is 8.91. The Kier molecular flexibility index (Phi) is 49.7. The van der Waals surface area contributed by atoms with E-state index in [0.29, 0.717) is 6.42 Å². The van der Waals surface area contributed by atoms with Gasteiger partial charge in [0.2, 0.25) is 0 Å². The van der Waals surface area contributed by atoms with Gasteiger partial charge in [-0.15, -0.1) is 0 Å². The van der Waals surface area contributed by atoms with Crippen LogP contribution in [0.1, 0.15) is 99.8 Å². The quantitative estimate of drug-likeness (QED) is 0.443. The van der Waals surface area contributed by atoms with Crippen LogP contribution < -0.4 is 5.73 Å². The van der Waals surface area contributed by atoms with Gasteiger partial charge in [0.1, 0.15) is 0 Å². The van der Waals surface area contributed by atoms with E-state index in [1.54, 1.807) is 12.2 Å². The van der Waals surface area contributed by atoms with Gasteiger partial charge >= 0.3 is 0 Å². The Hall–Kier alpha value is -0.630. The summed E-state index contributed by atoms with van der Waals surface area (Å²) in [5.41, 5.74) is 4.85. The van der Waals surface area contributed by atoms with E-state index >= 15 is 0 Å². The third kappa shape index (κ3) is 66.6. The summed E-state index contributed by atoms with van der Waals surface area (Å²) in [5.74, 6) is 0.197. The first-order valence-electron chi connectivity index (χ1n) is 8.91. The van der Waals surface area contributed by atoms with Gasteiger partial charge in [0, 0.05) is 6.42 Å². The number of hydrogen-bond acceptors (Lipinski definition) is 2. The van der Waals surface area contributed by atoms with Crippen LogP contribution in [0.3, 0.4) is 0 Å². The summed E-state index contributed by atoms with van der Waals surface area (Å²) in [6.07, 6.45) is 13.6. The monoisotopic (exact) mass is 301 g/mol. The lowest BCUT2D eigenvalue weighted by Gasteiger charge is -1.86. The van der Waals surface area contributed by atoms with Gasteiger partial charge < -0.3 is 5.73 Å². The summed E-state index contributed by atoms with van der Waals surface area (Å²) in [4.78, 5) is 10.3. The molecule has 0 saturated carbocycles. The lowest BCUT2D eigenvalue weighted by atomic mass is 10.2. The second-order valence-electron chi connectivity index (χ2n) is 4.79. The Balaban J connectivity index is -0.0000000955. The van der Waals surface area contributed by atoms with E-state index < -0.39 is 0 Å². The van der Waals surface area contributed by atoms with Crippen molar-refractivity contribution in [2.45, 2.75) is 99.8 Å². The number of hydrogen-bond donors (Lipinski definition) is 1. The van der Waals surface area contributed by atoms with Crippen molar-refractivity contribution in [3.8, 4) is 0 Å². The van der Waals surface area contributed by atoms with Gasteiger partial charge in [0.05, 0.1) is 0 Å². The van der Waals surface area contributed by atoms with Gasteiger partial charge in [0.25, 0.3) is 0 Å². The maximum absolute atomic E-state index is 10.3. The molecule has 130 valence electrons. The molecule has 0 aromatic heterocycles. The fourth-order valence-electron chi connectivity index (χ4n) is 1.16. The van der Waals surface area contributed by atoms with Crippen LogP contribution in [-0.2, 0) is 4.79 Å².